The van der Waals surface area contributed by atoms with Crippen molar-refractivity contribution in [2.45, 2.75) is 44.6 Å². The van der Waals surface area contributed by atoms with Gasteiger partial charge in [0.05, 0.1) is 17.8 Å². The largest absolute Gasteiger partial charge is 0.298 e. The summed E-state index contributed by atoms with van der Waals surface area (Å²) in [7, 11) is 0. The third-order valence-electron chi connectivity index (χ3n) is 3.06. The highest BCUT2D eigenvalue weighted by Crippen LogP contribution is 2.30. The van der Waals surface area contributed by atoms with Crippen LogP contribution in [-0.4, -0.2) is 16.1 Å². The highest BCUT2D eigenvalue weighted by atomic mass is 79.9. The van der Waals surface area contributed by atoms with E-state index in [0.717, 1.165) is 10.9 Å². The summed E-state index contributed by atoms with van der Waals surface area (Å²) in [6.45, 7) is 0. The van der Waals surface area contributed by atoms with E-state index < -0.39 is 0 Å². The zero-order valence-corrected chi connectivity index (χ0v) is 10.2. The third-order valence-corrected chi connectivity index (χ3v) is 3.88. The first-order valence-electron chi connectivity index (χ1n) is 5.51. The van der Waals surface area contributed by atoms with Crippen molar-refractivity contribution < 1.29 is 4.79 Å². The Morgan fingerprint density at radius 2 is 2.00 bits per heavy atom. The van der Waals surface area contributed by atoms with Crippen LogP contribution < -0.4 is 0 Å². The molecule has 82 valence electrons. The number of carbonyl (C=O) groups is 1. The number of halogens is 1. The maximum atomic E-state index is 10.7. The number of hydrogen-bond acceptors (Lipinski definition) is 2. The Bertz CT molecular complexity index is 340. The van der Waals surface area contributed by atoms with Crippen molar-refractivity contribution in [1.82, 2.24) is 9.78 Å². The molecule has 0 aromatic carbocycles. The molecule has 0 aliphatic heterocycles. The van der Waals surface area contributed by atoms with Gasteiger partial charge in [-0.2, -0.15) is 5.10 Å². The van der Waals surface area contributed by atoms with E-state index in [0.29, 0.717) is 11.6 Å². The van der Waals surface area contributed by atoms with Gasteiger partial charge in [-0.1, -0.05) is 25.7 Å². The zero-order valence-electron chi connectivity index (χ0n) is 8.66. The molecule has 4 heteroatoms. The summed E-state index contributed by atoms with van der Waals surface area (Å²) in [5.41, 5.74) is 0.652. The maximum Gasteiger partial charge on any atom is 0.154 e. The fourth-order valence-corrected chi connectivity index (χ4v) is 2.77. The molecule has 1 saturated carbocycles. The molecule has 0 atom stereocenters. The third kappa shape index (κ3) is 2.30. The molecule has 0 radical (unpaired) electrons. The lowest BCUT2D eigenvalue weighted by Gasteiger charge is -2.15. The van der Waals surface area contributed by atoms with Crippen LogP contribution in [0.5, 0.6) is 0 Å². The lowest BCUT2D eigenvalue weighted by Crippen LogP contribution is -2.10. The van der Waals surface area contributed by atoms with E-state index in [-0.39, 0.29) is 0 Å². The van der Waals surface area contributed by atoms with E-state index >= 15 is 0 Å². The number of nitrogens with zero attached hydrogens (tertiary/aromatic N) is 2. The summed E-state index contributed by atoms with van der Waals surface area (Å²) < 4.78 is 2.80. The Morgan fingerprint density at radius 1 is 1.33 bits per heavy atom. The molecular formula is C11H15BrN2O. The first kappa shape index (κ1) is 10.9. The molecule has 0 spiro atoms. The second-order valence-electron chi connectivity index (χ2n) is 4.10. The number of rotatable bonds is 2. The minimum absolute atomic E-state index is 0.468. The number of aldehydes is 1. The quantitative estimate of drug-likeness (QED) is 0.610. The molecule has 1 heterocycles. The van der Waals surface area contributed by atoms with Crippen LogP contribution in [0.15, 0.2) is 10.8 Å². The molecule has 3 nitrogen and oxygen atoms in total. The Hall–Kier alpha value is -0.640. The molecule has 15 heavy (non-hydrogen) atoms. The van der Waals surface area contributed by atoms with Crippen molar-refractivity contribution in [2.24, 2.45) is 0 Å². The van der Waals surface area contributed by atoms with E-state index in [1.165, 1.54) is 38.5 Å². The van der Waals surface area contributed by atoms with E-state index in [4.69, 9.17) is 0 Å². The molecule has 2 rings (SSSR count). The van der Waals surface area contributed by atoms with Crippen LogP contribution in [0.4, 0.5) is 0 Å². The van der Waals surface area contributed by atoms with Crippen LogP contribution in [0.2, 0.25) is 0 Å². The molecule has 1 aromatic rings. The zero-order chi connectivity index (χ0) is 10.7. The van der Waals surface area contributed by atoms with Crippen LogP contribution in [0.25, 0.3) is 0 Å². The highest BCUT2D eigenvalue weighted by Gasteiger charge is 2.18. The van der Waals surface area contributed by atoms with Gasteiger partial charge in [0.1, 0.15) is 4.60 Å². The highest BCUT2D eigenvalue weighted by molar-refractivity contribution is 9.10. The van der Waals surface area contributed by atoms with Crippen LogP contribution in [-0.2, 0) is 0 Å². The lowest BCUT2D eigenvalue weighted by atomic mass is 10.1. The molecule has 0 amide bonds. The van der Waals surface area contributed by atoms with Crippen molar-refractivity contribution in [3.63, 3.8) is 0 Å². The van der Waals surface area contributed by atoms with Crippen LogP contribution in [0.3, 0.4) is 0 Å². The normalized spacial score (nSPS) is 18.7. The van der Waals surface area contributed by atoms with Gasteiger partial charge in [-0.05, 0) is 28.8 Å². The van der Waals surface area contributed by atoms with Gasteiger partial charge < -0.3 is 0 Å². The van der Waals surface area contributed by atoms with Crippen molar-refractivity contribution >= 4 is 22.2 Å². The predicted molar refractivity (Wildman–Crippen MR) is 62.1 cm³/mol. The molecule has 1 aliphatic carbocycles. The minimum Gasteiger partial charge on any atom is -0.298 e. The van der Waals surface area contributed by atoms with E-state index in [1.807, 2.05) is 4.68 Å². The lowest BCUT2D eigenvalue weighted by molar-refractivity contribution is 0.112. The maximum absolute atomic E-state index is 10.7. The van der Waals surface area contributed by atoms with Crippen LogP contribution in [0, 0.1) is 0 Å². The fourth-order valence-electron chi connectivity index (χ4n) is 2.20. The van der Waals surface area contributed by atoms with E-state index in [2.05, 4.69) is 21.0 Å². The van der Waals surface area contributed by atoms with E-state index in [9.17, 15) is 4.79 Å². The number of carbonyl (C=O) groups excluding carboxylic acids is 1. The molecular weight excluding hydrogens is 256 g/mol. The smallest absolute Gasteiger partial charge is 0.154 e. The molecule has 0 bridgehead atoms. The van der Waals surface area contributed by atoms with Crippen molar-refractivity contribution in [3.8, 4) is 0 Å². The predicted octanol–water partition coefficient (Wildman–Crippen LogP) is 3.35. The number of hydrogen-bond donors (Lipinski definition) is 0. The molecule has 1 fully saturated rings. The second-order valence-corrected chi connectivity index (χ2v) is 4.85. The van der Waals surface area contributed by atoms with Gasteiger partial charge in [-0.3, -0.25) is 9.48 Å². The molecule has 1 aromatic heterocycles. The average molecular weight is 271 g/mol. The Balaban J connectivity index is 2.19. The Labute approximate surface area is 98.0 Å². The summed E-state index contributed by atoms with van der Waals surface area (Å²) in [6.07, 6.45) is 10.1. The first-order valence-corrected chi connectivity index (χ1v) is 6.30. The Morgan fingerprint density at radius 3 is 2.53 bits per heavy atom. The van der Waals surface area contributed by atoms with E-state index in [1.54, 1.807) is 6.20 Å². The molecule has 1 aliphatic rings. The van der Waals surface area contributed by atoms with Gasteiger partial charge in [0.25, 0.3) is 0 Å². The van der Waals surface area contributed by atoms with Crippen molar-refractivity contribution in [2.75, 3.05) is 0 Å². The Kier molecular flexibility index (Phi) is 3.57. The second kappa shape index (κ2) is 4.92. The monoisotopic (exact) mass is 270 g/mol. The molecule has 0 unspecified atom stereocenters. The van der Waals surface area contributed by atoms with Gasteiger partial charge in [-0.25, -0.2) is 0 Å². The number of aromatic nitrogens is 2. The summed E-state index contributed by atoms with van der Waals surface area (Å²) in [6, 6.07) is 0.468. The molecule has 0 N–H and O–H groups in total. The summed E-state index contributed by atoms with van der Waals surface area (Å²) in [5, 5.41) is 4.29. The van der Waals surface area contributed by atoms with Gasteiger partial charge in [0, 0.05) is 0 Å². The van der Waals surface area contributed by atoms with Crippen molar-refractivity contribution in [3.05, 3.63) is 16.4 Å². The summed E-state index contributed by atoms with van der Waals surface area (Å²) in [4.78, 5) is 10.7. The fraction of sp³-hybridized carbons (Fsp3) is 0.636. The van der Waals surface area contributed by atoms with Gasteiger partial charge in [0.15, 0.2) is 6.29 Å². The minimum atomic E-state index is 0.468. The van der Waals surface area contributed by atoms with Gasteiger partial charge in [0.2, 0.25) is 0 Å². The molecule has 0 saturated heterocycles. The average Bonchev–Trinajstić information content (AvgIpc) is 2.49. The van der Waals surface area contributed by atoms with Crippen LogP contribution in [0.1, 0.15) is 54.9 Å². The summed E-state index contributed by atoms with van der Waals surface area (Å²) in [5.74, 6) is 0. The van der Waals surface area contributed by atoms with Gasteiger partial charge >= 0.3 is 0 Å². The summed E-state index contributed by atoms with van der Waals surface area (Å²) >= 11 is 3.44. The van der Waals surface area contributed by atoms with Gasteiger partial charge in [-0.15, -0.1) is 0 Å². The standard InChI is InChI=1S/C11H15BrN2O/c12-11-9(8-15)7-13-14(11)10-5-3-1-2-4-6-10/h7-8,10H,1-6H2. The topological polar surface area (TPSA) is 34.9 Å². The SMILES string of the molecule is O=Cc1cnn(C2CCCCCC2)c1Br. The first-order chi connectivity index (χ1) is 7.33. The van der Waals surface area contributed by atoms with Crippen LogP contribution >= 0.6 is 15.9 Å². The van der Waals surface area contributed by atoms with Crippen molar-refractivity contribution in [1.29, 1.82) is 0 Å².